The molecule has 0 radical (unpaired) electrons. The molecule has 8 nitrogen and oxygen atoms in total. The predicted octanol–water partition coefficient (Wildman–Crippen LogP) is 2.60. The average molecular weight is 399 g/mol. The Kier molecular flexibility index (Phi) is 4.76. The lowest BCUT2D eigenvalue weighted by Crippen LogP contribution is -2.43. The van der Waals surface area contributed by atoms with E-state index >= 15 is 0 Å². The van der Waals surface area contributed by atoms with Crippen molar-refractivity contribution in [3.63, 3.8) is 0 Å². The molecule has 1 aliphatic heterocycles. The number of amides is 2. The minimum Gasteiger partial charge on any atom is -0.465 e. The first-order valence-corrected chi connectivity index (χ1v) is 9.91. The molecule has 3 N–H and O–H groups in total. The number of carbonyl (C=O) groups is 2. The molecule has 0 aliphatic carbocycles. The molecule has 1 atom stereocenters. The van der Waals surface area contributed by atoms with Crippen molar-refractivity contribution in [3.05, 3.63) is 40.4 Å². The molecule has 4 rings (SSSR count). The standard InChI is InChI=1S/C19H21N5O3S/c1-10-5-6-12(27-10)8-21-17-14-11(2)15(28-18(14)23-9-22-17)19(26)24-7-3-4-13(24)16(20)25/h5-6,9,13H,3-4,7-8H2,1-2H3,(H2,20,25)(H,21,22,23)/t13-/m0/s1. The molecule has 3 aromatic rings. The molecule has 1 saturated heterocycles. The number of rotatable bonds is 5. The molecular weight excluding hydrogens is 378 g/mol. The summed E-state index contributed by atoms with van der Waals surface area (Å²) in [4.78, 5) is 36.3. The highest BCUT2D eigenvalue weighted by Gasteiger charge is 2.35. The predicted molar refractivity (Wildman–Crippen MR) is 106 cm³/mol. The number of nitrogens with two attached hydrogens (primary N) is 1. The van der Waals surface area contributed by atoms with Crippen molar-refractivity contribution in [1.29, 1.82) is 0 Å². The van der Waals surface area contributed by atoms with Crippen molar-refractivity contribution in [2.75, 3.05) is 11.9 Å². The third-order valence-electron chi connectivity index (χ3n) is 4.99. The van der Waals surface area contributed by atoms with E-state index in [1.165, 1.54) is 17.7 Å². The van der Waals surface area contributed by atoms with Gasteiger partial charge in [-0.1, -0.05) is 0 Å². The molecule has 3 aromatic heterocycles. The van der Waals surface area contributed by atoms with Gasteiger partial charge in [0.25, 0.3) is 5.91 Å². The van der Waals surface area contributed by atoms with Gasteiger partial charge in [0.15, 0.2) is 0 Å². The van der Waals surface area contributed by atoms with Crippen molar-refractivity contribution < 1.29 is 14.0 Å². The molecule has 0 saturated carbocycles. The third kappa shape index (κ3) is 3.22. The van der Waals surface area contributed by atoms with E-state index in [-0.39, 0.29) is 5.91 Å². The van der Waals surface area contributed by atoms with Crippen LogP contribution in [0.5, 0.6) is 0 Å². The number of likely N-dealkylation sites (tertiary alicyclic amines) is 1. The van der Waals surface area contributed by atoms with Crippen LogP contribution in [0.4, 0.5) is 5.82 Å². The minimum atomic E-state index is -0.539. The number of furan rings is 1. The summed E-state index contributed by atoms with van der Waals surface area (Å²) in [5.41, 5.74) is 6.27. The molecule has 0 bridgehead atoms. The molecule has 28 heavy (non-hydrogen) atoms. The Morgan fingerprint density at radius 3 is 2.89 bits per heavy atom. The number of thiophene rings is 1. The fourth-order valence-electron chi connectivity index (χ4n) is 3.60. The summed E-state index contributed by atoms with van der Waals surface area (Å²) in [7, 11) is 0. The summed E-state index contributed by atoms with van der Waals surface area (Å²) in [5, 5.41) is 4.08. The van der Waals surface area contributed by atoms with Crippen LogP contribution >= 0.6 is 11.3 Å². The molecule has 1 aliphatic rings. The van der Waals surface area contributed by atoms with E-state index in [0.29, 0.717) is 30.2 Å². The number of carbonyl (C=O) groups excluding carboxylic acids is 2. The Hall–Kier alpha value is -2.94. The molecule has 0 unspecified atom stereocenters. The van der Waals surface area contributed by atoms with Crippen molar-refractivity contribution in [1.82, 2.24) is 14.9 Å². The average Bonchev–Trinajstić information content (AvgIpc) is 3.38. The van der Waals surface area contributed by atoms with Gasteiger partial charge in [0.1, 0.15) is 34.5 Å². The van der Waals surface area contributed by atoms with Crippen LogP contribution in [-0.4, -0.2) is 39.3 Å². The summed E-state index contributed by atoms with van der Waals surface area (Å²) in [5.74, 6) is 1.67. The second-order valence-corrected chi connectivity index (χ2v) is 7.88. The van der Waals surface area contributed by atoms with E-state index in [0.717, 1.165) is 33.7 Å². The smallest absolute Gasteiger partial charge is 0.264 e. The van der Waals surface area contributed by atoms with Gasteiger partial charge < -0.3 is 20.4 Å². The zero-order valence-corrected chi connectivity index (χ0v) is 16.5. The maximum absolute atomic E-state index is 13.1. The Morgan fingerprint density at radius 2 is 2.18 bits per heavy atom. The van der Waals surface area contributed by atoms with E-state index in [1.807, 2.05) is 26.0 Å². The zero-order valence-electron chi connectivity index (χ0n) is 15.7. The van der Waals surface area contributed by atoms with E-state index in [2.05, 4.69) is 15.3 Å². The molecule has 0 aromatic carbocycles. The maximum Gasteiger partial charge on any atom is 0.264 e. The summed E-state index contributed by atoms with van der Waals surface area (Å²) in [6.07, 6.45) is 2.86. The second-order valence-electron chi connectivity index (χ2n) is 6.88. The van der Waals surface area contributed by atoms with Crippen LogP contribution in [0.3, 0.4) is 0 Å². The van der Waals surface area contributed by atoms with E-state index in [1.54, 1.807) is 4.90 Å². The Morgan fingerprint density at radius 1 is 1.36 bits per heavy atom. The van der Waals surface area contributed by atoms with Gasteiger partial charge in [-0.2, -0.15) is 0 Å². The van der Waals surface area contributed by atoms with Gasteiger partial charge in [-0.25, -0.2) is 9.97 Å². The Labute approximate surface area is 165 Å². The minimum absolute atomic E-state index is 0.172. The molecular formula is C19H21N5O3S. The number of aryl methyl sites for hydroxylation is 2. The normalized spacial score (nSPS) is 16.6. The number of hydrogen-bond acceptors (Lipinski definition) is 7. The quantitative estimate of drug-likeness (QED) is 0.682. The number of hydrogen-bond donors (Lipinski definition) is 2. The van der Waals surface area contributed by atoms with Gasteiger partial charge in [-0.15, -0.1) is 11.3 Å². The van der Waals surface area contributed by atoms with E-state index in [9.17, 15) is 9.59 Å². The summed E-state index contributed by atoms with van der Waals surface area (Å²) < 4.78 is 5.58. The summed E-state index contributed by atoms with van der Waals surface area (Å²) >= 11 is 1.31. The summed E-state index contributed by atoms with van der Waals surface area (Å²) in [6, 6.07) is 3.28. The first-order chi connectivity index (χ1) is 13.5. The van der Waals surface area contributed by atoms with Crippen LogP contribution in [0.1, 0.15) is 39.6 Å². The lowest BCUT2D eigenvalue weighted by Gasteiger charge is -2.21. The number of aromatic nitrogens is 2. The highest BCUT2D eigenvalue weighted by molar-refractivity contribution is 7.20. The summed E-state index contributed by atoms with van der Waals surface area (Å²) in [6.45, 7) is 4.79. The molecule has 2 amide bonds. The highest BCUT2D eigenvalue weighted by Crippen LogP contribution is 2.35. The van der Waals surface area contributed by atoms with Gasteiger partial charge in [0.2, 0.25) is 5.91 Å². The molecule has 4 heterocycles. The van der Waals surface area contributed by atoms with E-state index < -0.39 is 11.9 Å². The van der Waals surface area contributed by atoms with Gasteiger partial charge in [-0.05, 0) is 44.4 Å². The number of primary amides is 1. The van der Waals surface area contributed by atoms with Crippen LogP contribution < -0.4 is 11.1 Å². The van der Waals surface area contributed by atoms with E-state index in [4.69, 9.17) is 10.2 Å². The van der Waals surface area contributed by atoms with Crippen molar-refractivity contribution in [2.24, 2.45) is 5.73 Å². The van der Waals surface area contributed by atoms with Crippen LogP contribution in [0.2, 0.25) is 0 Å². The molecule has 1 fully saturated rings. The van der Waals surface area contributed by atoms with Gasteiger partial charge in [0.05, 0.1) is 16.8 Å². The maximum atomic E-state index is 13.1. The second kappa shape index (κ2) is 7.23. The first kappa shape index (κ1) is 18.4. The number of anilines is 1. The molecule has 0 spiro atoms. The fraction of sp³-hybridized carbons (Fsp3) is 0.368. The van der Waals surface area contributed by atoms with Crippen LogP contribution in [0.25, 0.3) is 10.2 Å². The topological polar surface area (TPSA) is 114 Å². The highest BCUT2D eigenvalue weighted by atomic mass is 32.1. The van der Waals surface area contributed by atoms with Crippen LogP contribution in [-0.2, 0) is 11.3 Å². The van der Waals surface area contributed by atoms with Crippen LogP contribution in [0, 0.1) is 13.8 Å². The fourth-order valence-corrected chi connectivity index (χ4v) is 4.70. The van der Waals surface area contributed by atoms with Crippen molar-refractivity contribution in [3.8, 4) is 0 Å². The van der Waals surface area contributed by atoms with Crippen LogP contribution in [0.15, 0.2) is 22.9 Å². The SMILES string of the molecule is Cc1ccc(CNc2ncnc3sc(C(=O)N4CCC[C@H]4C(N)=O)c(C)c23)o1. The number of nitrogens with zero attached hydrogens (tertiary/aromatic N) is 3. The molecule has 146 valence electrons. The monoisotopic (exact) mass is 399 g/mol. The van der Waals surface area contributed by atoms with Gasteiger partial charge >= 0.3 is 0 Å². The lowest BCUT2D eigenvalue weighted by atomic mass is 10.1. The van der Waals surface area contributed by atoms with Crippen molar-refractivity contribution in [2.45, 2.75) is 39.3 Å². The largest absolute Gasteiger partial charge is 0.465 e. The van der Waals surface area contributed by atoms with Crippen molar-refractivity contribution >= 4 is 39.2 Å². The number of fused-ring (bicyclic) bond motifs is 1. The Bertz CT molecular complexity index is 1060. The zero-order chi connectivity index (χ0) is 19.8. The number of nitrogens with one attached hydrogen (secondary N) is 1. The lowest BCUT2D eigenvalue weighted by molar-refractivity contribution is -0.121. The molecule has 9 heteroatoms. The van der Waals surface area contributed by atoms with Gasteiger partial charge in [0, 0.05) is 6.54 Å². The van der Waals surface area contributed by atoms with Gasteiger partial charge in [-0.3, -0.25) is 9.59 Å². The first-order valence-electron chi connectivity index (χ1n) is 9.09. The third-order valence-corrected chi connectivity index (χ3v) is 6.18. The Balaban J connectivity index is 1.65.